The molecule has 16 heavy (non-hydrogen) atoms. The third-order valence-electron chi connectivity index (χ3n) is 2.84. The van der Waals surface area contributed by atoms with E-state index in [0.717, 1.165) is 39.3 Å². The highest BCUT2D eigenvalue weighted by Gasteiger charge is 2.20. The first-order valence-electron chi connectivity index (χ1n) is 5.51. The van der Waals surface area contributed by atoms with Gasteiger partial charge >= 0.3 is 7.60 Å². The van der Waals surface area contributed by atoms with E-state index in [1.54, 1.807) is 0 Å². The minimum Gasteiger partial charge on any atom is -0.324 e. The second-order valence-corrected chi connectivity index (χ2v) is 6.14. The predicted octanol–water partition coefficient (Wildman–Crippen LogP) is -0.699. The SMILES string of the molecule is CN1CCN(C)CCN(CP(=O)(O)O)CC1. The highest BCUT2D eigenvalue weighted by atomic mass is 31.2. The van der Waals surface area contributed by atoms with E-state index in [9.17, 15) is 4.57 Å². The number of hydrogen-bond acceptors (Lipinski definition) is 4. The van der Waals surface area contributed by atoms with Crippen molar-refractivity contribution in [1.29, 1.82) is 0 Å². The van der Waals surface area contributed by atoms with Crippen molar-refractivity contribution in [3.63, 3.8) is 0 Å². The van der Waals surface area contributed by atoms with E-state index in [1.165, 1.54) is 0 Å². The van der Waals surface area contributed by atoms with Crippen LogP contribution in [0.5, 0.6) is 0 Å². The largest absolute Gasteiger partial charge is 0.339 e. The van der Waals surface area contributed by atoms with Crippen molar-refractivity contribution in [2.45, 2.75) is 0 Å². The molecule has 0 atom stereocenters. The fourth-order valence-electron chi connectivity index (χ4n) is 1.70. The van der Waals surface area contributed by atoms with Crippen molar-refractivity contribution in [3.8, 4) is 0 Å². The molecule has 96 valence electrons. The molecule has 0 aromatic carbocycles. The molecule has 1 aliphatic rings. The molecule has 0 saturated carbocycles. The minimum atomic E-state index is -3.93. The summed E-state index contributed by atoms with van der Waals surface area (Å²) in [5.74, 6) is 0. The molecule has 2 N–H and O–H groups in total. The van der Waals surface area contributed by atoms with Crippen molar-refractivity contribution < 1.29 is 14.4 Å². The van der Waals surface area contributed by atoms with Crippen LogP contribution in [0.4, 0.5) is 0 Å². The van der Waals surface area contributed by atoms with Crippen LogP contribution < -0.4 is 0 Å². The van der Waals surface area contributed by atoms with Gasteiger partial charge in [0, 0.05) is 39.3 Å². The van der Waals surface area contributed by atoms with E-state index in [-0.39, 0.29) is 6.29 Å². The van der Waals surface area contributed by atoms with E-state index < -0.39 is 7.60 Å². The van der Waals surface area contributed by atoms with Gasteiger partial charge in [0.2, 0.25) is 0 Å². The topological polar surface area (TPSA) is 67.2 Å². The Labute approximate surface area is 97.0 Å². The first-order valence-corrected chi connectivity index (χ1v) is 7.30. The van der Waals surface area contributed by atoms with E-state index in [2.05, 4.69) is 9.80 Å². The lowest BCUT2D eigenvalue weighted by Gasteiger charge is -2.24. The van der Waals surface area contributed by atoms with Crippen molar-refractivity contribution in [1.82, 2.24) is 14.7 Å². The summed E-state index contributed by atoms with van der Waals surface area (Å²) in [4.78, 5) is 24.2. The highest BCUT2D eigenvalue weighted by Crippen LogP contribution is 2.34. The molecule has 0 amide bonds. The molecule has 1 heterocycles. The molecule has 0 aromatic rings. The molecule has 7 heteroatoms. The third-order valence-corrected chi connectivity index (χ3v) is 3.61. The van der Waals surface area contributed by atoms with Crippen LogP contribution in [-0.4, -0.2) is 84.1 Å². The van der Waals surface area contributed by atoms with Gasteiger partial charge in [0.25, 0.3) is 0 Å². The van der Waals surface area contributed by atoms with Crippen LogP contribution in [0.2, 0.25) is 0 Å². The lowest BCUT2D eigenvalue weighted by molar-refractivity contribution is 0.243. The maximum absolute atomic E-state index is 11.0. The second-order valence-electron chi connectivity index (χ2n) is 4.53. The minimum absolute atomic E-state index is 0.130. The van der Waals surface area contributed by atoms with Crippen LogP contribution >= 0.6 is 7.60 Å². The van der Waals surface area contributed by atoms with E-state index in [0.29, 0.717) is 0 Å². The van der Waals surface area contributed by atoms with Crippen molar-refractivity contribution >= 4 is 7.60 Å². The summed E-state index contributed by atoms with van der Waals surface area (Å²) in [6.45, 7) is 5.15. The quantitative estimate of drug-likeness (QED) is 0.633. The van der Waals surface area contributed by atoms with E-state index >= 15 is 0 Å². The predicted molar refractivity (Wildman–Crippen MR) is 63.5 cm³/mol. The van der Waals surface area contributed by atoms with Gasteiger partial charge in [0.05, 0.1) is 0 Å². The molecule has 1 rings (SSSR count). The molecule has 1 fully saturated rings. The van der Waals surface area contributed by atoms with Crippen LogP contribution in [0.25, 0.3) is 0 Å². The first kappa shape index (κ1) is 14.1. The van der Waals surface area contributed by atoms with E-state index in [1.807, 2.05) is 19.0 Å². The van der Waals surface area contributed by atoms with Crippen LogP contribution in [0.3, 0.4) is 0 Å². The van der Waals surface area contributed by atoms with Gasteiger partial charge in [-0.3, -0.25) is 9.46 Å². The van der Waals surface area contributed by atoms with E-state index in [4.69, 9.17) is 9.79 Å². The lowest BCUT2D eigenvalue weighted by Crippen LogP contribution is -2.35. The summed E-state index contributed by atoms with van der Waals surface area (Å²) in [6, 6.07) is 0. The molecule has 0 aromatic heterocycles. The molecule has 6 nitrogen and oxygen atoms in total. The average molecular weight is 251 g/mol. The Morgan fingerprint density at radius 1 is 0.938 bits per heavy atom. The van der Waals surface area contributed by atoms with Gasteiger partial charge in [-0.25, -0.2) is 0 Å². The molecule has 0 bridgehead atoms. The molecular weight excluding hydrogens is 229 g/mol. The number of likely N-dealkylation sites (N-methyl/N-ethyl adjacent to an activating group) is 2. The summed E-state index contributed by atoms with van der Waals surface area (Å²) in [5, 5.41) is 0. The standard InChI is InChI=1S/C9H22N3O3P/c1-10-3-4-11(2)6-8-12(7-5-10)9-16(13,14)15/h3-9H2,1-2H3,(H2,13,14,15). The summed E-state index contributed by atoms with van der Waals surface area (Å²) in [7, 11) is 0.141. The zero-order valence-electron chi connectivity index (χ0n) is 10.0. The Bertz CT molecular complexity index is 244. The second kappa shape index (κ2) is 6.10. The molecule has 0 spiro atoms. The normalized spacial score (nSPS) is 23.8. The average Bonchev–Trinajstić information content (AvgIpc) is 2.22. The van der Waals surface area contributed by atoms with Crippen molar-refractivity contribution in [2.75, 3.05) is 59.6 Å². The van der Waals surface area contributed by atoms with Gasteiger partial charge in [-0.15, -0.1) is 0 Å². The van der Waals surface area contributed by atoms with Crippen LogP contribution in [0, 0.1) is 0 Å². The molecule has 0 aliphatic carbocycles. The summed E-state index contributed by atoms with van der Waals surface area (Å²) < 4.78 is 11.0. The summed E-state index contributed by atoms with van der Waals surface area (Å²) in [5.41, 5.74) is 0. The fraction of sp³-hybridized carbons (Fsp3) is 1.00. The lowest BCUT2D eigenvalue weighted by atomic mass is 10.5. The Kier molecular flexibility index (Phi) is 5.37. The highest BCUT2D eigenvalue weighted by molar-refractivity contribution is 7.51. The van der Waals surface area contributed by atoms with Gasteiger partial charge in [-0.1, -0.05) is 0 Å². The zero-order chi connectivity index (χ0) is 12.2. The first-order chi connectivity index (χ1) is 7.37. The Hall–Kier alpha value is 0.0300. The summed E-state index contributed by atoms with van der Waals surface area (Å²) >= 11 is 0. The van der Waals surface area contributed by atoms with Crippen molar-refractivity contribution in [3.05, 3.63) is 0 Å². The number of rotatable bonds is 2. The van der Waals surface area contributed by atoms with Crippen molar-refractivity contribution in [2.24, 2.45) is 0 Å². The van der Waals surface area contributed by atoms with Gasteiger partial charge < -0.3 is 19.6 Å². The van der Waals surface area contributed by atoms with Gasteiger partial charge in [-0.05, 0) is 14.1 Å². The smallest absolute Gasteiger partial charge is 0.324 e. The molecule has 1 saturated heterocycles. The van der Waals surface area contributed by atoms with Gasteiger partial charge in [0.15, 0.2) is 0 Å². The van der Waals surface area contributed by atoms with Gasteiger partial charge in [0.1, 0.15) is 6.29 Å². The molecule has 0 radical (unpaired) electrons. The van der Waals surface area contributed by atoms with Gasteiger partial charge in [-0.2, -0.15) is 0 Å². The molecule has 0 unspecified atom stereocenters. The maximum atomic E-state index is 11.0. The Balaban J connectivity index is 2.52. The fourth-order valence-corrected chi connectivity index (χ4v) is 2.51. The zero-order valence-corrected chi connectivity index (χ0v) is 10.9. The maximum Gasteiger partial charge on any atom is 0.339 e. The molecular formula is C9H22N3O3P. The van der Waals surface area contributed by atoms with Crippen LogP contribution in [-0.2, 0) is 4.57 Å². The van der Waals surface area contributed by atoms with Crippen LogP contribution in [0.1, 0.15) is 0 Å². The summed E-state index contributed by atoms with van der Waals surface area (Å²) in [6.07, 6.45) is -0.130. The monoisotopic (exact) mass is 251 g/mol. The Morgan fingerprint density at radius 3 is 1.69 bits per heavy atom. The third kappa shape index (κ3) is 5.94. The number of nitrogens with zero attached hydrogens (tertiary/aromatic N) is 3. The Morgan fingerprint density at radius 2 is 1.31 bits per heavy atom. The number of hydrogen-bond donors (Lipinski definition) is 2. The molecule has 1 aliphatic heterocycles. The van der Waals surface area contributed by atoms with Crippen LogP contribution in [0.15, 0.2) is 0 Å².